The van der Waals surface area contributed by atoms with E-state index in [4.69, 9.17) is 4.74 Å². The van der Waals surface area contributed by atoms with E-state index in [1.807, 2.05) is 38.1 Å². The number of ether oxygens (including phenoxy) is 1. The molecule has 0 spiro atoms. The van der Waals surface area contributed by atoms with Gasteiger partial charge in [0.05, 0.1) is 5.92 Å². The summed E-state index contributed by atoms with van der Waals surface area (Å²) in [5.74, 6) is -1.46. The predicted molar refractivity (Wildman–Crippen MR) is 133 cm³/mol. The number of aliphatic carboxylic acids is 1. The van der Waals surface area contributed by atoms with Gasteiger partial charge in [-0.05, 0) is 48.4 Å². The number of unbranched alkanes of at least 4 members (excludes halogenated alkanes) is 1. The van der Waals surface area contributed by atoms with Crippen LogP contribution in [0.2, 0.25) is 0 Å². The van der Waals surface area contributed by atoms with Crippen molar-refractivity contribution in [1.82, 2.24) is 10.2 Å². The molecular weight excluding hydrogens is 444 g/mol. The van der Waals surface area contributed by atoms with E-state index in [0.717, 1.165) is 35.1 Å². The first-order chi connectivity index (χ1) is 16.9. The van der Waals surface area contributed by atoms with Gasteiger partial charge in [0.25, 0.3) is 0 Å². The molecule has 4 rings (SSSR count). The number of fused-ring (bicyclic) bond motifs is 3. The molecule has 2 N–H and O–H groups in total. The standard InChI is InChI=1S/C28H34N2O5/c1-3-4-13-25(26(31)30-15-14-19(27(32)33)16-18(30)2)29-28(34)35-17-24-22-11-7-5-9-20(22)21-10-6-8-12-23(21)24/h5-12,18-19,24-25H,3-4,13-17H2,1-2H3,(H,29,34)(H,32,33)/t18-,19-,25+/m1/s1. The molecule has 2 aromatic carbocycles. The van der Waals surface area contributed by atoms with Crippen molar-refractivity contribution in [1.29, 1.82) is 0 Å². The Morgan fingerprint density at radius 3 is 2.29 bits per heavy atom. The SMILES string of the molecule is CCCC[C@H](NC(=O)OCC1c2ccccc2-c2ccccc21)C(=O)N1CC[C@@H](C(=O)O)C[C@H]1C. The maximum absolute atomic E-state index is 13.3. The van der Waals surface area contributed by atoms with Crippen molar-refractivity contribution in [3.05, 3.63) is 59.7 Å². The van der Waals surface area contributed by atoms with Crippen LogP contribution in [-0.4, -0.2) is 53.2 Å². The van der Waals surface area contributed by atoms with E-state index >= 15 is 0 Å². The Bertz CT molecular complexity index is 1040. The quantitative estimate of drug-likeness (QED) is 0.568. The first-order valence-corrected chi connectivity index (χ1v) is 12.6. The smallest absolute Gasteiger partial charge is 0.407 e. The van der Waals surface area contributed by atoms with Crippen molar-refractivity contribution < 1.29 is 24.2 Å². The van der Waals surface area contributed by atoms with E-state index in [1.165, 1.54) is 0 Å². The fourth-order valence-corrected chi connectivity index (χ4v) is 5.37. The van der Waals surface area contributed by atoms with E-state index in [1.54, 1.807) is 4.90 Å². The van der Waals surface area contributed by atoms with E-state index in [2.05, 4.69) is 29.6 Å². The highest BCUT2D eigenvalue weighted by atomic mass is 16.5. The highest BCUT2D eigenvalue weighted by Crippen LogP contribution is 2.44. The number of amides is 2. The minimum Gasteiger partial charge on any atom is -0.481 e. The van der Waals surface area contributed by atoms with E-state index in [9.17, 15) is 19.5 Å². The van der Waals surface area contributed by atoms with Gasteiger partial charge in [-0.3, -0.25) is 9.59 Å². The van der Waals surface area contributed by atoms with Crippen molar-refractivity contribution in [3.63, 3.8) is 0 Å². The molecule has 186 valence electrons. The number of hydrogen-bond acceptors (Lipinski definition) is 4. The number of nitrogens with one attached hydrogen (secondary N) is 1. The second kappa shape index (κ2) is 10.9. The molecule has 1 fully saturated rings. The number of carboxylic acid groups (broad SMARTS) is 1. The predicted octanol–water partition coefficient (Wildman–Crippen LogP) is 4.80. The molecule has 0 unspecified atom stereocenters. The van der Waals surface area contributed by atoms with Crippen LogP contribution in [0, 0.1) is 5.92 Å². The fourth-order valence-electron chi connectivity index (χ4n) is 5.37. The first-order valence-electron chi connectivity index (χ1n) is 12.6. The van der Waals surface area contributed by atoms with Crippen LogP contribution < -0.4 is 5.32 Å². The van der Waals surface area contributed by atoms with E-state index < -0.39 is 24.0 Å². The molecule has 0 bridgehead atoms. The molecule has 3 atom stereocenters. The number of nitrogens with zero attached hydrogens (tertiary/aromatic N) is 1. The summed E-state index contributed by atoms with van der Waals surface area (Å²) in [4.78, 5) is 39.2. The zero-order valence-electron chi connectivity index (χ0n) is 20.4. The van der Waals surface area contributed by atoms with Crippen LogP contribution in [0.3, 0.4) is 0 Å². The molecule has 1 heterocycles. The number of benzene rings is 2. The number of hydrogen-bond donors (Lipinski definition) is 2. The molecule has 35 heavy (non-hydrogen) atoms. The summed E-state index contributed by atoms with van der Waals surface area (Å²) in [7, 11) is 0. The maximum atomic E-state index is 13.3. The number of carbonyl (C=O) groups is 3. The van der Waals surface area contributed by atoms with Gasteiger partial charge >= 0.3 is 12.1 Å². The van der Waals surface area contributed by atoms with Gasteiger partial charge in [-0.15, -0.1) is 0 Å². The number of carboxylic acids is 1. The highest BCUT2D eigenvalue weighted by Gasteiger charge is 2.36. The second-order valence-corrected chi connectivity index (χ2v) is 9.60. The Morgan fingerprint density at radius 1 is 1.09 bits per heavy atom. The highest BCUT2D eigenvalue weighted by molar-refractivity contribution is 5.86. The van der Waals surface area contributed by atoms with Gasteiger partial charge in [-0.2, -0.15) is 0 Å². The summed E-state index contributed by atoms with van der Waals surface area (Å²) in [5.41, 5.74) is 4.59. The molecule has 1 saturated heterocycles. The maximum Gasteiger partial charge on any atom is 0.407 e. The normalized spacial score (nSPS) is 20.0. The van der Waals surface area contributed by atoms with Gasteiger partial charge in [-0.1, -0.05) is 68.3 Å². The molecule has 7 nitrogen and oxygen atoms in total. The van der Waals surface area contributed by atoms with Gasteiger partial charge in [0.2, 0.25) is 5.91 Å². The molecular formula is C28H34N2O5. The Balaban J connectivity index is 1.40. The monoisotopic (exact) mass is 478 g/mol. The lowest BCUT2D eigenvalue weighted by atomic mass is 9.91. The van der Waals surface area contributed by atoms with Crippen molar-refractivity contribution >= 4 is 18.0 Å². The van der Waals surface area contributed by atoms with Crippen molar-refractivity contribution in [2.24, 2.45) is 5.92 Å². The summed E-state index contributed by atoms with van der Waals surface area (Å²) >= 11 is 0. The van der Waals surface area contributed by atoms with E-state index in [-0.39, 0.29) is 24.5 Å². The molecule has 2 aromatic rings. The van der Waals surface area contributed by atoms with Gasteiger partial charge in [-0.25, -0.2) is 4.79 Å². The van der Waals surface area contributed by atoms with Gasteiger partial charge in [0.1, 0.15) is 12.6 Å². The average Bonchev–Trinajstić information content (AvgIpc) is 3.18. The number of carbonyl (C=O) groups excluding carboxylic acids is 2. The summed E-state index contributed by atoms with van der Waals surface area (Å²) in [6.07, 6.45) is 2.45. The Morgan fingerprint density at radius 2 is 1.71 bits per heavy atom. The largest absolute Gasteiger partial charge is 0.481 e. The van der Waals surface area contributed by atoms with Crippen LogP contribution in [-0.2, 0) is 14.3 Å². The van der Waals surface area contributed by atoms with Crippen LogP contribution in [0.1, 0.15) is 63.0 Å². The molecule has 1 aliphatic carbocycles. The number of alkyl carbamates (subject to hydrolysis) is 1. The van der Waals surface area contributed by atoms with Crippen LogP contribution in [0.25, 0.3) is 11.1 Å². The minimum absolute atomic E-state index is 0.0481. The third-order valence-corrected chi connectivity index (χ3v) is 7.29. The van der Waals surface area contributed by atoms with Crippen LogP contribution in [0.5, 0.6) is 0 Å². The summed E-state index contributed by atoms with van der Waals surface area (Å²) < 4.78 is 5.66. The zero-order chi connectivity index (χ0) is 24.9. The summed E-state index contributed by atoms with van der Waals surface area (Å²) in [6, 6.07) is 15.4. The van der Waals surface area contributed by atoms with Crippen molar-refractivity contribution in [3.8, 4) is 11.1 Å². The second-order valence-electron chi connectivity index (χ2n) is 9.60. The molecule has 1 aliphatic heterocycles. The molecule has 0 aromatic heterocycles. The summed E-state index contributed by atoms with van der Waals surface area (Å²) in [5, 5.41) is 12.1. The van der Waals surface area contributed by atoms with Gasteiger partial charge in [0.15, 0.2) is 0 Å². The molecule has 7 heteroatoms. The molecule has 0 saturated carbocycles. The number of likely N-dealkylation sites (tertiary alicyclic amines) is 1. The van der Waals surface area contributed by atoms with Crippen LogP contribution in [0.15, 0.2) is 48.5 Å². The van der Waals surface area contributed by atoms with Crippen molar-refractivity contribution in [2.75, 3.05) is 13.2 Å². The third-order valence-electron chi connectivity index (χ3n) is 7.29. The molecule has 2 aliphatic rings. The lowest BCUT2D eigenvalue weighted by Gasteiger charge is -2.38. The topological polar surface area (TPSA) is 95.9 Å². The van der Waals surface area contributed by atoms with Crippen LogP contribution in [0.4, 0.5) is 4.79 Å². The minimum atomic E-state index is -0.816. The Kier molecular flexibility index (Phi) is 7.73. The van der Waals surface area contributed by atoms with E-state index in [0.29, 0.717) is 25.8 Å². The molecule has 2 amide bonds. The lowest BCUT2D eigenvalue weighted by molar-refractivity contribution is -0.148. The summed E-state index contributed by atoms with van der Waals surface area (Å²) in [6.45, 7) is 4.48. The Hall–Kier alpha value is -3.35. The van der Waals surface area contributed by atoms with Crippen LogP contribution >= 0.6 is 0 Å². The third kappa shape index (κ3) is 5.34. The Labute approximate surface area is 206 Å². The number of piperidine rings is 1. The zero-order valence-corrected chi connectivity index (χ0v) is 20.4. The number of rotatable bonds is 8. The fraction of sp³-hybridized carbons (Fsp3) is 0.464. The average molecular weight is 479 g/mol. The first kappa shape index (κ1) is 24.8. The lowest BCUT2D eigenvalue weighted by Crippen LogP contribution is -2.54. The van der Waals surface area contributed by atoms with Gasteiger partial charge < -0.3 is 20.1 Å². The van der Waals surface area contributed by atoms with Gasteiger partial charge in [0, 0.05) is 18.5 Å². The molecule has 0 radical (unpaired) electrons. The van der Waals surface area contributed by atoms with Crippen molar-refractivity contribution in [2.45, 2.75) is 64.0 Å².